The summed E-state index contributed by atoms with van der Waals surface area (Å²) in [5, 5.41) is 10.2. The molecule has 6 heteroatoms. The van der Waals surface area contributed by atoms with Crippen molar-refractivity contribution in [3.05, 3.63) is 64.3 Å². The highest BCUT2D eigenvalue weighted by Crippen LogP contribution is 2.53. The van der Waals surface area contributed by atoms with Crippen molar-refractivity contribution >= 4 is 16.7 Å². The molecule has 1 saturated heterocycles. The topological polar surface area (TPSA) is 84.3 Å². The summed E-state index contributed by atoms with van der Waals surface area (Å²) in [4.78, 5) is 17.2. The molecule has 0 bridgehead atoms. The normalized spacial score (nSPS) is 22.3. The summed E-state index contributed by atoms with van der Waals surface area (Å²) in [6.07, 6.45) is 4.07. The van der Waals surface area contributed by atoms with Crippen LogP contribution in [0.25, 0.3) is 10.9 Å². The molecule has 1 aromatic heterocycles. The Morgan fingerprint density at radius 3 is 2.73 bits per heavy atom. The fourth-order valence-corrected chi connectivity index (χ4v) is 5.87. The number of ketones is 1. The van der Waals surface area contributed by atoms with E-state index < -0.39 is 5.79 Å². The van der Waals surface area contributed by atoms with Crippen LogP contribution in [0.2, 0.25) is 0 Å². The molecule has 3 aliphatic rings. The van der Waals surface area contributed by atoms with Crippen LogP contribution in [0.5, 0.6) is 5.75 Å². The highest BCUT2D eigenvalue weighted by Gasteiger charge is 2.47. The Morgan fingerprint density at radius 2 is 2.00 bits per heavy atom. The minimum atomic E-state index is -0.582. The van der Waals surface area contributed by atoms with E-state index in [1.165, 1.54) is 0 Å². The van der Waals surface area contributed by atoms with Gasteiger partial charge in [0.25, 0.3) is 0 Å². The van der Waals surface area contributed by atoms with Gasteiger partial charge in [0.1, 0.15) is 18.5 Å². The SMILES string of the molecule is CC1(C)OC[C@H](COc2ccc3c(c2)C2(CCCC2)c2[nH]c4cc(C#N)ccc4c2C3=O)O1. The number of nitriles is 1. The number of aromatic nitrogens is 1. The number of hydrogen-bond acceptors (Lipinski definition) is 5. The molecule has 33 heavy (non-hydrogen) atoms. The number of nitrogens with zero attached hydrogens (tertiary/aromatic N) is 1. The molecule has 2 fully saturated rings. The number of carbonyl (C=O) groups excluding carboxylic acids is 1. The van der Waals surface area contributed by atoms with Crippen LogP contribution in [-0.4, -0.2) is 35.9 Å². The highest BCUT2D eigenvalue weighted by molar-refractivity contribution is 6.20. The van der Waals surface area contributed by atoms with Crippen LogP contribution in [-0.2, 0) is 14.9 Å². The Balaban J connectivity index is 1.41. The average Bonchev–Trinajstić information content (AvgIpc) is 3.53. The molecule has 2 aliphatic carbocycles. The zero-order valence-electron chi connectivity index (χ0n) is 18.9. The third-order valence-corrected chi connectivity index (χ3v) is 7.34. The number of aromatic amines is 1. The number of nitrogens with one attached hydrogen (secondary N) is 1. The summed E-state index contributed by atoms with van der Waals surface area (Å²) in [6, 6.07) is 13.6. The molecule has 2 heterocycles. The van der Waals surface area contributed by atoms with Crippen molar-refractivity contribution in [2.24, 2.45) is 0 Å². The van der Waals surface area contributed by atoms with Crippen LogP contribution in [0.4, 0.5) is 0 Å². The van der Waals surface area contributed by atoms with E-state index in [2.05, 4.69) is 17.1 Å². The van der Waals surface area contributed by atoms with E-state index in [9.17, 15) is 10.1 Å². The van der Waals surface area contributed by atoms with Crippen molar-refractivity contribution < 1.29 is 19.0 Å². The first-order chi connectivity index (χ1) is 15.9. The Kier molecular flexibility index (Phi) is 4.45. The second kappa shape index (κ2) is 7.18. The van der Waals surface area contributed by atoms with Gasteiger partial charge >= 0.3 is 0 Å². The van der Waals surface area contributed by atoms with E-state index in [1.54, 1.807) is 6.07 Å². The van der Waals surface area contributed by atoms with E-state index in [1.807, 2.05) is 38.1 Å². The number of H-pyrrole nitrogens is 1. The zero-order valence-corrected chi connectivity index (χ0v) is 18.9. The first-order valence-electron chi connectivity index (χ1n) is 11.6. The maximum Gasteiger partial charge on any atom is 0.195 e. The van der Waals surface area contributed by atoms with Gasteiger partial charge in [-0.25, -0.2) is 0 Å². The lowest BCUT2D eigenvalue weighted by molar-refractivity contribution is -0.141. The number of carbonyl (C=O) groups is 1. The zero-order chi connectivity index (χ0) is 22.8. The number of benzene rings is 2. The summed E-state index contributed by atoms with van der Waals surface area (Å²) >= 11 is 0. The van der Waals surface area contributed by atoms with Crippen molar-refractivity contribution in [3.63, 3.8) is 0 Å². The average molecular weight is 443 g/mol. The molecule has 1 spiro atoms. The predicted octanol–water partition coefficient (Wildman–Crippen LogP) is 4.97. The second-order valence-corrected chi connectivity index (χ2v) is 9.83. The van der Waals surface area contributed by atoms with E-state index in [-0.39, 0.29) is 17.3 Å². The van der Waals surface area contributed by atoms with Crippen molar-refractivity contribution in [2.45, 2.75) is 56.8 Å². The minimum absolute atomic E-state index is 0.0364. The summed E-state index contributed by atoms with van der Waals surface area (Å²) < 4.78 is 17.6. The second-order valence-electron chi connectivity index (χ2n) is 9.83. The first kappa shape index (κ1) is 20.5. The van der Waals surface area contributed by atoms with E-state index in [0.717, 1.165) is 64.7 Å². The number of fused-ring (bicyclic) bond motifs is 6. The van der Waals surface area contributed by atoms with Gasteiger partial charge in [-0.3, -0.25) is 4.79 Å². The molecule has 3 aromatic rings. The van der Waals surface area contributed by atoms with Crippen molar-refractivity contribution in [1.82, 2.24) is 4.98 Å². The van der Waals surface area contributed by atoms with Gasteiger partial charge in [0.15, 0.2) is 11.6 Å². The standard InChI is InChI=1S/C27H26N2O4/c1-26(2)32-15-18(33-26)14-31-17-6-8-19-21(12-17)27(9-3-4-10-27)25-23(24(19)30)20-7-5-16(13-28)11-22(20)29-25/h5-8,11-12,18,29H,3-4,9-10,14-15H2,1-2H3/t18-/m0/s1. The molecule has 1 N–H and O–H groups in total. The molecule has 6 nitrogen and oxygen atoms in total. The van der Waals surface area contributed by atoms with Gasteiger partial charge < -0.3 is 19.2 Å². The molecular weight excluding hydrogens is 416 g/mol. The first-order valence-corrected chi connectivity index (χ1v) is 11.6. The minimum Gasteiger partial charge on any atom is -0.491 e. The Hall–Kier alpha value is -3.14. The quantitative estimate of drug-likeness (QED) is 0.619. The maximum atomic E-state index is 13.7. The number of hydrogen-bond donors (Lipinski definition) is 1. The van der Waals surface area contributed by atoms with Gasteiger partial charge in [-0.05, 0) is 62.6 Å². The molecule has 1 aliphatic heterocycles. The van der Waals surface area contributed by atoms with Crippen LogP contribution < -0.4 is 4.74 Å². The molecule has 0 radical (unpaired) electrons. The lowest BCUT2D eigenvalue weighted by Crippen LogP contribution is -2.33. The van der Waals surface area contributed by atoms with Crippen LogP contribution in [0.15, 0.2) is 36.4 Å². The Bertz CT molecular complexity index is 1320. The maximum absolute atomic E-state index is 13.7. The monoisotopic (exact) mass is 442 g/mol. The lowest BCUT2D eigenvalue weighted by atomic mass is 9.67. The van der Waals surface area contributed by atoms with Crippen molar-refractivity contribution in [2.75, 3.05) is 13.2 Å². The molecule has 6 rings (SSSR count). The molecular formula is C27H26N2O4. The molecule has 168 valence electrons. The lowest BCUT2D eigenvalue weighted by Gasteiger charge is -2.35. The summed E-state index contributed by atoms with van der Waals surface area (Å²) in [5.74, 6) is 0.198. The fraction of sp³-hybridized carbons (Fsp3) is 0.407. The highest BCUT2D eigenvalue weighted by atomic mass is 16.7. The van der Waals surface area contributed by atoms with Gasteiger partial charge in [-0.2, -0.15) is 5.26 Å². The van der Waals surface area contributed by atoms with Gasteiger partial charge in [0.05, 0.1) is 23.8 Å². The van der Waals surface area contributed by atoms with Gasteiger partial charge in [0, 0.05) is 27.6 Å². The summed E-state index contributed by atoms with van der Waals surface area (Å²) in [5.41, 5.74) is 4.76. The fourth-order valence-electron chi connectivity index (χ4n) is 5.87. The third kappa shape index (κ3) is 3.11. The van der Waals surface area contributed by atoms with Gasteiger partial charge in [-0.15, -0.1) is 0 Å². The van der Waals surface area contributed by atoms with Crippen LogP contribution in [0, 0.1) is 11.3 Å². The van der Waals surface area contributed by atoms with Crippen LogP contribution >= 0.6 is 0 Å². The van der Waals surface area contributed by atoms with Crippen molar-refractivity contribution in [1.29, 1.82) is 5.26 Å². The Morgan fingerprint density at radius 1 is 1.18 bits per heavy atom. The van der Waals surface area contributed by atoms with E-state index in [0.29, 0.717) is 18.8 Å². The van der Waals surface area contributed by atoms with Crippen LogP contribution in [0.1, 0.15) is 72.3 Å². The third-order valence-electron chi connectivity index (χ3n) is 7.34. The molecule has 2 aromatic carbocycles. The van der Waals surface area contributed by atoms with Gasteiger partial charge in [0.2, 0.25) is 0 Å². The summed E-state index contributed by atoms with van der Waals surface area (Å²) in [6.45, 7) is 4.71. The number of rotatable bonds is 3. The molecule has 1 saturated carbocycles. The van der Waals surface area contributed by atoms with Crippen LogP contribution in [0.3, 0.4) is 0 Å². The molecule has 1 atom stereocenters. The Labute approximate surface area is 192 Å². The largest absolute Gasteiger partial charge is 0.491 e. The van der Waals surface area contributed by atoms with Gasteiger partial charge in [-0.1, -0.05) is 18.9 Å². The summed E-state index contributed by atoms with van der Waals surface area (Å²) in [7, 11) is 0. The van der Waals surface area contributed by atoms with E-state index >= 15 is 0 Å². The molecule has 0 unspecified atom stereocenters. The smallest absolute Gasteiger partial charge is 0.195 e. The molecule has 0 amide bonds. The number of ether oxygens (including phenoxy) is 3. The predicted molar refractivity (Wildman–Crippen MR) is 123 cm³/mol. The van der Waals surface area contributed by atoms with Crippen molar-refractivity contribution in [3.8, 4) is 11.8 Å². The van der Waals surface area contributed by atoms with E-state index in [4.69, 9.17) is 14.2 Å².